The van der Waals surface area contributed by atoms with E-state index >= 15 is 0 Å². The van der Waals surface area contributed by atoms with Gasteiger partial charge in [0.2, 0.25) is 5.91 Å². The van der Waals surface area contributed by atoms with Crippen LogP contribution in [0.25, 0.3) is 0 Å². The monoisotopic (exact) mass is 410 g/mol. The van der Waals surface area contributed by atoms with E-state index in [1.807, 2.05) is 39.0 Å². The summed E-state index contributed by atoms with van der Waals surface area (Å²) >= 11 is 0. The number of ketones is 1. The van der Waals surface area contributed by atoms with Crippen LogP contribution < -0.4 is 10.6 Å². The molecular formula is C24H30N2O4. The summed E-state index contributed by atoms with van der Waals surface area (Å²) < 4.78 is 4.55. The number of ether oxygens (including phenoxy) is 1. The van der Waals surface area contributed by atoms with Crippen molar-refractivity contribution in [1.82, 2.24) is 5.32 Å². The zero-order valence-corrected chi connectivity index (χ0v) is 17.8. The molecule has 160 valence electrons. The van der Waals surface area contributed by atoms with Crippen molar-refractivity contribution in [3.63, 3.8) is 0 Å². The van der Waals surface area contributed by atoms with E-state index in [1.165, 1.54) is 0 Å². The van der Waals surface area contributed by atoms with Crippen molar-refractivity contribution < 1.29 is 19.1 Å². The molecule has 6 heteroatoms. The van der Waals surface area contributed by atoms with Gasteiger partial charge < -0.3 is 15.4 Å². The van der Waals surface area contributed by atoms with Gasteiger partial charge in [-0.1, -0.05) is 30.3 Å². The maximum atomic E-state index is 12.3. The number of benzene rings is 2. The zero-order chi connectivity index (χ0) is 22.0. The number of carbonyl (C=O) groups excluding carboxylic acids is 3. The Morgan fingerprint density at radius 2 is 1.53 bits per heavy atom. The van der Waals surface area contributed by atoms with E-state index in [9.17, 15) is 14.4 Å². The first kappa shape index (κ1) is 23.3. The normalized spacial score (nSPS) is 14.1. The second-order valence-corrected chi connectivity index (χ2v) is 8.11. The van der Waals surface area contributed by atoms with Gasteiger partial charge in [-0.25, -0.2) is 0 Å². The second kappa shape index (κ2) is 11.3. The van der Waals surface area contributed by atoms with E-state index in [0.29, 0.717) is 17.6 Å². The summed E-state index contributed by atoms with van der Waals surface area (Å²) in [4.78, 5) is 34.1. The fraction of sp³-hybridized carbons (Fsp3) is 0.375. The average molecular weight is 411 g/mol. The third kappa shape index (κ3) is 7.79. The highest BCUT2D eigenvalue weighted by Gasteiger charge is 2.20. The van der Waals surface area contributed by atoms with E-state index in [1.54, 1.807) is 36.4 Å². The van der Waals surface area contributed by atoms with Crippen LogP contribution in [-0.2, 0) is 14.3 Å². The standard InChI is InChI=1S/C19H20N2O2.C5H10O2/c22-18(14-4-2-1-3-5-14)15-6-8-17(9-7-15)21-19(23)16-10-12-20-13-11-16;1-5(2,3)7-4-6/h1-9,16,20H,10-13H2,(H,21,23);4H,1-3H3. The lowest BCUT2D eigenvalue weighted by molar-refractivity contribution is -0.138. The van der Waals surface area contributed by atoms with Crippen LogP contribution >= 0.6 is 0 Å². The van der Waals surface area contributed by atoms with Gasteiger partial charge in [0.05, 0.1) is 0 Å². The number of carbonyl (C=O) groups is 3. The quantitative estimate of drug-likeness (QED) is 0.578. The number of amides is 1. The highest BCUT2D eigenvalue weighted by Crippen LogP contribution is 2.17. The van der Waals surface area contributed by atoms with Gasteiger partial charge in [0.15, 0.2) is 5.78 Å². The number of nitrogens with one attached hydrogen (secondary N) is 2. The first-order chi connectivity index (χ1) is 14.3. The minimum absolute atomic E-state index is 0.0122. The Balaban J connectivity index is 0.000000396. The number of anilines is 1. The Morgan fingerprint density at radius 1 is 0.967 bits per heavy atom. The maximum absolute atomic E-state index is 12.3. The number of rotatable bonds is 5. The van der Waals surface area contributed by atoms with Gasteiger partial charge >= 0.3 is 0 Å². The van der Waals surface area contributed by atoms with Crippen molar-refractivity contribution in [2.45, 2.75) is 39.2 Å². The third-order valence-corrected chi connectivity index (χ3v) is 4.56. The van der Waals surface area contributed by atoms with E-state index < -0.39 is 0 Å². The summed E-state index contributed by atoms with van der Waals surface area (Å²) in [7, 11) is 0. The van der Waals surface area contributed by atoms with Gasteiger partial charge in [-0.3, -0.25) is 14.4 Å². The Bertz CT molecular complexity index is 821. The Labute approximate surface area is 178 Å². The number of hydrogen-bond donors (Lipinski definition) is 2. The summed E-state index contributed by atoms with van der Waals surface area (Å²) in [5, 5.41) is 6.19. The highest BCUT2D eigenvalue weighted by atomic mass is 16.5. The predicted octanol–water partition coefficient (Wildman–Crippen LogP) is 3.81. The van der Waals surface area contributed by atoms with E-state index in [4.69, 9.17) is 0 Å². The molecule has 0 saturated carbocycles. The lowest BCUT2D eigenvalue weighted by Gasteiger charge is -2.21. The van der Waals surface area contributed by atoms with Crippen LogP contribution in [-0.4, -0.2) is 36.9 Å². The van der Waals surface area contributed by atoms with E-state index in [-0.39, 0.29) is 23.2 Å². The molecule has 1 aliphatic rings. The predicted molar refractivity (Wildman–Crippen MR) is 117 cm³/mol. The second-order valence-electron chi connectivity index (χ2n) is 8.11. The average Bonchev–Trinajstić information content (AvgIpc) is 2.74. The minimum Gasteiger partial charge on any atom is -0.462 e. The Morgan fingerprint density at radius 3 is 2.03 bits per heavy atom. The molecule has 1 fully saturated rings. The smallest absolute Gasteiger partial charge is 0.293 e. The van der Waals surface area contributed by atoms with Crippen molar-refractivity contribution in [3.05, 3.63) is 65.7 Å². The summed E-state index contributed by atoms with van der Waals surface area (Å²) in [6.45, 7) is 7.70. The molecule has 1 saturated heterocycles. The molecule has 30 heavy (non-hydrogen) atoms. The molecule has 2 aromatic carbocycles. The molecule has 0 spiro atoms. The lowest BCUT2D eigenvalue weighted by Crippen LogP contribution is -2.34. The Hall–Kier alpha value is -2.99. The fourth-order valence-electron chi connectivity index (χ4n) is 2.93. The molecule has 0 aromatic heterocycles. The fourth-order valence-corrected chi connectivity index (χ4v) is 2.93. The van der Waals surface area contributed by atoms with Crippen molar-refractivity contribution in [1.29, 1.82) is 0 Å². The van der Waals surface area contributed by atoms with Gasteiger partial charge in [-0.05, 0) is 71.0 Å². The van der Waals surface area contributed by atoms with Gasteiger partial charge in [-0.2, -0.15) is 0 Å². The molecule has 1 heterocycles. The van der Waals surface area contributed by atoms with Crippen LogP contribution in [0.5, 0.6) is 0 Å². The summed E-state index contributed by atoms with van der Waals surface area (Å²) in [6.07, 6.45) is 1.74. The first-order valence-corrected chi connectivity index (χ1v) is 10.1. The van der Waals surface area contributed by atoms with Crippen LogP contribution in [0.2, 0.25) is 0 Å². The highest BCUT2D eigenvalue weighted by molar-refractivity contribution is 6.09. The van der Waals surface area contributed by atoms with Crippen molar-refractivity contribution in [2.75, 3.05) is 18.4 Å². The van der Waals surface area contributed by atoms with E-state index in [0.717, 1.165) is 31.6 Å². The van der Waals surface area contributed by atoms with E-state index in [2.05, 4.69) is 15.4 Å². The molecule has 1 aliphatic heterocycles. The van der Waals surface area contributed by atoms with Crippen LogP contribution in [0.3, 0.4) is 0 Å². The van der Waals surface area contributed by atoms with Gasteiger partial charge in [0.25, 0.3) is 6.47 Å². The van der Waals surface area contributed by atoms with Crippen LogP contribution in [0, 0.1) is 5.92 Å². The SMILES string of the molecule is CC(C)(C)OC=O.O=C(c1ccccc1)c1ccc(NC(=O)C2CCNCC2)cc1. The summed E-state index contributed by atoms with van der Waals surface area (Å²) in [5.74, 6) is 0.123. The number of hydrogen-bond acceptors (Lipinski definition) is 5. The number of piperidine rings is 1. The van der Waals surface area contributed by atoms with Gasteiger partial charge in [-0.15, -0.1) is 0 Å². The molecule has 3 rings (SSSR count). The van der Waals surface area contributed by atoms with Crippen LogP contribution in [0.4, 0.5) is 5.69 Å². The topological polar surface area (TPSA) is 84.5 Å². The van der Waals surface area contributed by atoms with Crippen LogP contribution in [0.1, 0.15) is 49.5 Å². The summed E-state index contributed by atoms with van der Waals surface area (Å²) in [6, 6.07) is 16.3. The van der Waals surface area contributed by atoms with Gasteiger partial charge in [0, 0.05) is 22.7 Å². The molecule has 0 bridgehead atoms. The molecule has 0 atom stereocenters. The van der Waals surface area contributed by atoms with Crippen molar-refractivity contribution >= 4 is 23.9 Å². The molecule has 2 aromatic rings. The lowest BCUT2D eigenvalue weighted by atomic mass is 9.97. The third-order valence-electron chi connectivity index (χ3n) is 4.56. The minimum atomic E-state index is -0.318. The molecule has 0 aliphatic carbocycles. The molecule has 6 nitrogen and oxygen atoms in total. The molecule has 0 unspecified atom stereocenters. The van der Waals surface area contributed by atoms with Crippen molar-refractivity contribution in [2.24, 2.45) is 5.92 Å². The Kier molecular flexibility index (Phi) is 8.74. The van der Waals surface area contributed by atoms with Crippen LogP contribution in [0.15, 0.2) is 54.6 Å². The molecule has 1 amide bonds. The molecular weight excluding hydrogens is 380 g/mol. The zero-order valence-electron chi connectivity index (χ0n) is 17.8. The molecule has 2 N–H and O–H groups in total. The van der Waals surface area contributed by atoms with Crippen molar-refractivity contribution in [3.8, 4) is 0 Å². The molecule has 0 radical (unpaired) electrons. The summed E-state index contributed by atoms with van der Waals surface area (Å²) in [5.41, 5.74) is 1.70. The maximum Gasteiger partial charge on any atom is 0.293 e. The first-order valence-electron chi connectivity index (χ1n) is 10.1. The van der Waals surface area contributed by atoms with Gasteiger partial charge in [0.1, 0.15) is 5.60 Å². The largest absolute Gasteiger partial charge is 0.462 e.